The van der Waals surface area contributed by atoms with E-state index < -0.39 is 15.6 Å². The smallest absolute Gasteiger partial charge is 0.756 e. The molecule has 11 heteroatoms. The van der Waals surface area contributed by atoms with Crippen LogP contribution < -0.4 is 62.4 Å². The van der Waals surface area contributed by atoms with Crippen molar-refractivity contribution in [2.24, 2.45) is 0 Å². The Morgan fingerprint density at radius 2 is 1.45 bits per heavy atom. The van der Waals surface area contributed by atoms with Crippen LogP contribution in [0, 0.1) is 0 Å². The third-order valence-electron chi connectivity index (χ3n) is 0.210. The minimum absolute atomic E-state index is 0. The van der Waals surface area contributed by atoms with Crippen LogP contribution in [0.15, 0.2) is 0 Å². The maximum atomic E-state index is 9.59. The van der Waals surface area contributed by atoms with Crippen molar-refractivity contribution in [3.63, 3.8) is 0 Å². The van der Waals surface area contributed by atoms with Gasteiger partial charge in [-0.1, -0.05) is 0 Å². The third kappa shape index (κ3) is 18.7. The van der Waals surface area contributed by atoms with Crippen LogP contribution in [0.25, 0.3) is 0 Å². The van der Waals surface area contributed by atoms with Crippen LogP contribution in [0.3, 0.4) is 0 Å². The average molecular weight is 233 g/mol. The number of rotatable bonds is 2. The molecule has 8 nitrogen and oxygen atoms in total. The normalized spacial score (nSPS) is 15.6. The van der Waals surface area contributed by atoms with E-state index in [0.717, 1.165) is 0 Å². The van der Waals surface area contributed by atoms with Crippen molar-refractivity contribution in [1.29, 1.82) is 0 Å². The second-order valence-electron chi connectivity index (χ2n) is 1.04. The summed E-state index contributed by atoms with van der Waals surface area (Å²) in [7, 11) is -10.4. The van der Waals surface area contributed by atoms with Crippen LogP contribution in [-0.4, -0.2) is 14.7 Å². The Hall–Kier alpha value is 1.86. The van der Waals surface area contributed by atoms with Gasteiger partial charge in [-0.25, -0.2) is 8.88 Å². The molecule has 1 atom stereocenters. The van der Waals surface area contributed by atoms with Crippen molar-refractivity contribution in [3.8, 4) is 0 Å². The fourth-order valence-corrected chi connectivity index (χ4v) is 1.21. The zero-order valence-electron chi connectivity index (χ0n) is 5.58. The summed E-state index contributed by atoms with van der Waals surface area (Å²) in [6.45, 7) is 0. The fraction of sp³-hybridized carbons (Fsp3) is 0. The van der Waals surface area contributed by atoms with E-state index in [2.05, 4.69) is 4.31 Å². The van der Waals surface area contributed by atoms with Gasteiger partial charge in [0.2, 0.25) is 0 Å². The van der Waals surface area contributed by atoms with Gasteiger partial charge in [0.25, 0.3) is 7.82 Å². The van der Waals surface area contributed by atoms with Crippen LogP contribution in [0.2, 0.25) is 0 Å². The summed E-state index contributed by atoms with van der Waals surface area (Å²) >= 11 is 0. The maximum Gasteiger partial charge on any atom is 1.00 e. The predicted molar refractivity (Wildman–Crippen MR) is 28.0 cm³/mol. The van der Waals surface area contributed by atoms with Crippen molar-refractivity contribution in [3.05, 3.63) is 0 Å². The second-order valence-corrected chi connectivity index (χ2v) is 3.61. The maximum absolute atomic E-state index is 9.59. The van der Waals surface area contributed by atoms with E-state index in [1.807, 2.05) is 0 Å². The van der Waals surface area contributed by atoms with Gasteiger partial charge in [-0.2, -0.15) is 0 Å². The summed E-state index contributed by atoms with van der Waals surface area (Å²) in [5, 5.41) is 0. The van der Waals surface area contributed by atoms with E-state index in [1.54, 1.807) is 0 Å². The molecule has 0 aliphatic rings. The minimum atomic E-state index is -5.30. The molecular weight excluding hydrogens is 227 g/mol. The SMILES string of the molecule is N.O=P([O-])(O)OP(=O)(O)O.[K+]. The monoisotopic (exact) mass is 233 g/mol. The van der Waals surface area contributed by atoms with E-state index in [-0.39, 0.29) is 57.5 Å². The quantitative estimate of drug-likeness (QED) is 0.275. The molecule has 0 saturated heterocycles. The van der Waals surface area contributed by atoms with Gasteiger partial charge in [-0.15, -0.1) is 0 Å². The van der Waals surface area contributed by atoms with Crippen molar-refractivity contribution in [2.75, 3.05) is 0 Å². The Morgan fingerprint density at radius 1 is 1.18 bits per heavy atom. The van der Waals surface area contributed by atoms with Gasteiger partial charge in [0.1, 0.15) is 0 Å². The molecule has 6 N–H and O–H groups in total. The Bertz CT molecular complexity index is 157. The molecule has 0 radical (unpaired) electrons. The van der Waals surface area contributed by atoms with Gasteiger partial charge in [-0.05, 0) is 0 Å². The molecule has 0 fully saturated rings. The molecule has 11 heavy (non-hydrogen) atoms. The molecule has 0 heterocycles. The first kappa shape index (κ1) is 18.6. The molecule has 0 aromatic heterocycles. The Labute approximate surface area is 105 Å². The Balaban J connectivity index is -0.000000320. The van der Waals surface area contributed by atoms with Gasteiger partial charge in [-0.3, -0.25) is 4.57 Å². The zero-order chi connectivity index (χ0) is 7.71. The van der Waals surface area contributed by atoms with Crippen LogP contribution in [0.5, 0.6) is 0 Å². The Morgan fingerprint density at radius 3 is 1.45 bits per heavy atom. The van der Waals surface area contributed by atoms with Crippen LogP contribution in [0.1, 0.15) is 0 Å². The molecule has 0 rings (SSSR count). The van der Waals surface area contributed by atoms with Crippen molar-refractivity contribution < 1.29 is 84.4 Å². The molecule has 0 aromatic carbocycles. The van der Waals surface area contributed by atoms with Crippen molar-refractivity contribution in [1.82, 2.24) is 6.15 Å². The summed E-state index contributed by atoms with van der Waals surface area (Å²) in [5.41, 5.74) is 0. The molecule has 0 bridgehead atoms. The molecule has 1 unspecified atom stereocenters. The van der Waals surface area contributed by atoms with E-state index in [1.165, 1.54) is 0 Å². The first-order valence-corrected chi connectivity index (χ1v) is 4.54. The zero-order valence-corrected chi connectivity index (χ0v) is 10.5. The molecule has 0 aliphatic heterocycles. The molecule has 0 saturated carbocycles. The van der Waals surface area contributed by atoms with E-state index in [0.29, 0.717) is 0 Å². The van der Waals surface area contributed by atoms with Gasteiger partial charge < -0.3 is 25.7 Å². The van der Waals surface area contributed by atoms with Crippen molar-refractivity contribution in [2.45, 2.75) is 0 Å². The number of hydrogen-bond donors (Lipinski definition) is 4. The van der Waals surface area contributed by atoms with Gasteiger partial charge in [0.05, 0.1) is 0 Å². The Kier molecular flexibility index (Phi) is 10.7. The minimum Gasteiger partial charge on any atom is -0.756 e. The summed E-state index contributed by atoms with van der Waals surface area (Å²) in [4.78, 5) is 32.6. The molecule has 64 valence electrons. The molecule has 0 aromatic rings. The molecule has 0 spiro atoms. The van der Waals surface area contributed by atoms with Crippen LogP contribution in [-0.2, 0) is 13.4 Å². The first-order chi connectivity index (χ1) is 3.71. The molecule has 0 aliphatic carbocycles. The fourth-order valence-electron chi connectivity index (χ4n) is 0.134. The van der Waals surface area contributed by atoms with Crippen molar-refractivity contribution >= 4 is 15.6 Å². The molecule has 0 amide bonds. The summed E-state index contributed by atoms with van der Waals surface area (Å²) < 4.78 is 21.9. The van der Waals surface area contributed by atoms with Gasteiger partial charge >= 0.3 is 59.2 Å². The van der Waals surface area contributed by atoms with E-state index in [9.17, 15) is 14.0 Å². The van der Waals surface area contributed by atoms with Gasteiger partial charge in [0, 0.05) is 0 Å². The number of hydrogen-bond acceptors (Lipinski definition) is 5. The third-order valence-corrected chi connectivity index (χ3v) is 1.89. The summed E-state index contributed by atoms with van der Waals surface area (Å²) in [5.74, 6) is 0. The first-order valence-electron chi connectivity index (χ1n) is 1.51. The van der Waals surface area contributed by atoms with Crippen LogP contribution in [0.4, 0.5) is 0 Å². The predicted octanol–water partition coefficient (Wildman–Crippen LogP) is -4.28. The topological polar surface area (TPSA) is 162 Å². The average Bonchev–Trinajstić information content (AvgIpc) is 1.14. The van der Waals surface area contributed by atoms with E-state index >= 15 is 0 Å². The van der Waals surface area contributed by atoms with Crippen LogP contribution >= 0.6 is 15.6 Å². The largest absolute Gasteiger partial charge is 1.00 e. The summed E-state index contributed by atoms with van der Waals surface area (Å²) in [6, 6.07) is 0. The molecular formula is H6KNO7P2. The number of phosphoric acid groups is 2. The van der Waals surface area contributed by atoms with E-state index in [4.69, 9.17) is 14.7 Å². The summed E-state index contributed by atoms with van der Waals surface area (Å²) in [6.07, 6.45) is 0. The van der Waals surface area contributed by atoms with Gasteiger partial charge in [0.15, 0.2) is 0 Å². The standard InChI is InChI=1S/K.H3N.H4O7P2/c;;1-8(2,3)7-9(4,5)6/h;1H3;(H2,1,2,3)(H2,4,5,6)/q+1;;/p-1. The second kappa shape index (κ2) is 6.33.